The van der Waals surface area contributed by atoms with Gasteiger partial charge in [0.15, 0.2) is 0 Å². The first kappa shape index (κ1) is 11.9. The molecule has 4 heteroatoms. The lowest BCUT2D eigenvalue weighted by atomic mass is 10.0. The van der Waals surface area contributed by atoms with E-state index in [2.05, 4.69) is 9.97 Å². The lowest BCUT2D eigenvalue weighted by Crippen LogP contribution is -2.02. The molecule has 0 atom stereocenters. The number of carbonyl (C=O) groups excluding carboxylic acids is 1. The summed E-state index contributed by atoms with van der Waals surface area (Å²) in [4.78, 5) is 19.6. The number of nitrogens with one attached hydrogen (secondary N) is 1. The molecular formula is C17H12N2O2. The number of hydrogen-bond acceptors (Lipinski definition) is 3. The minimum absolute atomic E-state index is 0.342. The van der Waals surface area contributed by atoms with Gasteiger partial charge in [-0.3, -0.25) is 4.98 Å². The summed E-state index contributed by atoms with van der Waals surface area (Å²) < 4.78 is 4.91. The SMILES string of the molecule is COC(=O)c1cc2ccncc2c2c1[nH]c1ccccc12. The van der Waals surface area contributed by atoms with Crippen molar-refractivity contribution in [2.24, 2.45) is 0 Å². The summed E-state index contributed by atoms with van der Waals surface area (Å²) in [6.45, 7) is 0. The molecule has 0 unspecified atom stereocenters. The number of esters is 1. The number of carbonyl (C=O) groups is 1. The Hall–Kier alpha value is -2.88. The monoisotopic (exact) mass is 276 g/mol. The summed E-state index contributed by atoms with van der Waals surface area (Å²) in [7, 11) is 1.40. The number of benzene rings is 2. The molecule has 4 nitrogen and oxygen atoms in total. The normalized spacial score (nSPS) is 11.3. The molecule has 0 spiro atoms. The lowest BCUT2D eigenvalue weighted by molar-refractivity contribution is 0.0603. The van der Waals surface area contributed by atoms with Crippen molar-refractivity contribution in [2.75, 3.05) is 7.11 Å². The first-order valence-corrected chi connectivity index (χ1v) is 6.65. The Kier molecular flexibility index (Phi) is 2.44. The van der Waals surface area contributed by atoms with E-state index in [-0.39, 0.29) is 5.97 Å². The number of H-pyrrole nitrogens is 1. The zero-order valence-electron chi connectivity index (χ0n) is 11.4. The van der Waals surface area contributed by atoms with Gasteiger partial charge in [-0.1, -0.05) is 18.2 Å². The van der Waals surface area contributed by atoms with Crippen LogP contribution in [0.1, 0.15) is 10.4 Å². The Morgan fingerprint density at radius 2 is 2.05 bits per heavy atom. The van der Waals surface area contributed by atoms with Gasteiger partial charge in [-0.15, -0.1) is 0 Å². The van der Waals surface area contributed by atoms with Gasteiger partial charge in [0, 0.05) is 34.1 Å². The van der Waals surface area contributed by atoms with Crippen LogP contribution in [0, 0.1) is 0 Å². The van der Waals surface area contributed by atoms with E-state index < -0.39 is 0 Å². The van der Waals surface area contributed by atoms with Gasteiger partial charge in [-0.05, 0) is 23.6 Å². The number of ether oxygens (including phenoxy) is 1. The molecule has 0 aliphatic carbocycles. The number of hydrogen-bond donors (Lipinski definition) is 1. The third kappa shape index (κ3) is 1.62. The van der Waals surface area contributed by atoms with Gasteiger partial charge in [0.05, 0.1) is 18.2 Å². The van der Waals surface area contributed by atoms with Crippen LogP contribution in [0.15, 0.2) is 48.8 Å². The summed E-state index contributed by atoms with van der Waals surface area (Å²) >= 11 is 0. The van der Waals surface area contributed by atoms with Crippen LogP contribution >= 0.6 is 0 Å². The van der Waals surface area contributed by atoms with E-state index in [1.807, 2.05) is 42.6 Å². The highest BCUT2D eigenvalue weighted by Gasteiger charge is 2.17. The summed E-state index contributed by atoms with van der Waals surface area (Å²) in [6, 6.07) is 11.8. The van der Waals surface area contributed by atoms with E-state index in [9.17, 15) is 4.79 Å². The van der Waals surface area contributed by atoms with Crippen molar-refractivity contribution in [1.82, 2.24) is 9.97 Å². The maximum Gasteiger partial charge on any atom is 0.340 e. The Bertz CT molecular complexity index is 1000. The first-order chi connectivity index (χ1) is 10.3. The van der Waals surface area contributed by atoms with Gasteiger partial charge >= 0.3 is 5.97 Å². The minimum Gasteiger partial charge on any atom is -0.465 e. The average molecular weight is 276 g/mol. The topological polar surface area (TPSA) is 55.0 Å². The molecule has 2 heterocycles. The van der Waals surface area contributed by atoms with Gasteiger partial charge in [-0.25, -0.2) is 4.79 Å². The molecule has 102 valence electrons. The molecular weight excluding hydrogens is 264 g/mol. The van der Waals surface area contributed by atoms with Gasteiger partial charge in [0.25, 0.3) is 0 Å². The number of pyridine rings is 1. The van der Waals surface area contributed by atoms with Crippen LogP contribution in [0.4, 0.5) is 0 Å². The van der Waals surface area contributed by atoms with Crippen LogP contribution < -0.4 is 0 Å². The maximum atomic E-state index is 12.1. The Morgan fingerprint density at radius 1 is 1.19 bits per heavy atom. The van der Waals surface area contributed by atoms with Gasteiger partial charge in [-0.2, -0.15) is 0 Å². The Labute approximate surface area is 120 Å². The van der Waals surface area contributed by atoms with Crippen LogP contribution in [-0.2, 0) is 4.74 Å². The van der Waals surface area contributed by atoms with E-state index in [1.54, 1.807) is 6.20 Å². The number of aromatic nitrogens is 2. The summed E-state index contributed by atoms with van der Waals surface area (Å²) in [6.07, 6.45) is 3.56. The third-order valence-electron chi connectivity index (χ3n) is 3.80. The number of fused-ring (bicyclic) bond motifs is 5. The second-order valence-electron chi connectivity index (χ2n) is 4.93. The third-order valence-corrected chi connectivity index (χ3v) is 3.80. The maximum absolute atomic E-state index is 12.1. The van der Waals surface area contributed by atoms with E-state index in [0.717, 1.165) is 32.6 Å². The van der Waals surface area contributed by atoms with E-state index in [0.29, 0.717) is 5.56 Å². The predicted octanol–water partition coefficient (Wildman–Crippen LogP) is 3.66. The van der Waals surface area contributed by atoms with Gasteiger partial charge < -0.3 is 9.72 Å². The van der Waals surface area contributed by atoms with Crippen molar-refractivity contribution in [3.05, 3.63) is 54.4 Å². The number of rotatable bonds is 1. The highest BCUT2D eigenvalue weighted by atomic mass is 16.5. The van der Waals surface area contributed by atoms with Crippen molar-refractivity contribution in [3.63, 3.8) is 0 Å². The number of methoxy groups -OCH3 is 1. The van der Waals surface area contributed by atoms with Crippen LogP contribution in [0.5, 0.6) is 0 Å². The molecule has 2 aromatic carbocycles. The van der Waals surface area contributed by atoms with Crippen molar-refractivity contribution < 1.29 is 9.53 Å². The zero-order chi connectivity index (χ0) is 14.4. The van der Waals surface area contributed by atoms with Crippen molar-refractivity contribution in [1.29, 1.82) is 0 Å². The number of para-hydroxylation sites is 1. The lowest BCUT2D eigenvalue weighted by Gasteiger charge is -2.05. The van der Waals surface area contributed by atoms with Crippen LogP contribution in [0.2, 0.25) is 0 Å². The smallest absolute Gasteiger partial charge is 0.340 e. The highest BCUT2D eigenvalue weighted by molar-refractivity contribution is 6.24. The van der Waals surface area contributed by atoms with Crippen LogP contribution in [-0.4, -0.2) is 23.0 Å². The predicted molar refractivity (Wildman–Crippen MR) is 82.4 cm³/mol. The van der Waals surface area contributed by atoms with Crippen LogP contribution in [0.25, 0.3) is 32.6 Å². The fourth-order valence-electron chi connectivity index (χ4n) is 2.86. The van der Waals surface area contributed by atoms with E-state index in [1.165, 1.54) is 7.11 Å². The van der Waals surface area contributed by atoms with Crippen molar-refractivity contribution in [3.8, 4) is 0 Å². The molecule has 0 aliphatic heterocycles. The highest BCUT2D eigenvalue weighted by Crippen LogP contribution is 2.34. The van der Waals surface area contributed by atoms with Crippen molar-refractivity contribution in [2.45, 2.75) is 0 Å². The van der Waals surface area contributed by atoms with E-state index in [4.69, 9.17) is 4.74 Å². The molecule has 0 bridgehead atoms. The molecule has 2 aromatic heterocycles. The quantitative estimate of drug-likeness (QED) is 0.540. The molecule has 0 radical (unpaired) electrons. The van der Waals surface area contributed by atoms with Crippen molar-refractivity contribution >= 4 is 38.5 Å². The van der Waals surface area contributed by atoms with Crippen LogP contribution in [0.3, 0.4) is 0 Å². The van der Waals surface area contributed by atoms with Gasteiger partial charge in [0.1, 0.15) is 0 Å². The molecule has 1 N–H and O–H groups in total. The second kappa shape index (κ2) is 4.31. The molecule has 4 rings (SSSR count). The minimum atomic E-state index is -0.342. The largest absolute Gasteiger partial charge is 0.465 e. The zero-order valence-corrected chi connectivity index (χ0v) is 11.4. The summed E-state index contributed by atoms with van der Waals surface area (Å²) in [5.41, 5.74) is 2.33. The number of nitrogens with zero attached hydrogens (tertiary/aromatic N) is 1. The Morgan fingerprint density at radius 3 is 2.90 bits per heavy atom. The Balaban J connectivity index is 2.30. The molecule has 4 aromatic rings. The number of aromatic amines is 1. The second-order valence-corrected chi connectivity index (χ2v) is 4.93. The fraction of sp³-hybridized carbons (Fsp3) is 0.0588. The molecule has 0 saturated heterocycles. The summed E-state index contributed by atoms with van der Waals surface area (Å²) in [5.74, 6) is -0.342. The molecule has 21 heavy (non-hydrogen) atoms. The molecule has 0 fully saturated rings. The molecule has 0 saturated carbocycles. The fourth-order valence-corrected chi connectivity index (χ4v) is 2.86. The summed E-state index contributed by atoms with van der Waals surface area (Å²) in [5, 5.41) is 4.09. The van der Waals surface area contributed by atoms with Gasteiger partial charge in [0.2, 0.25) is 0 Å². The van der Waals surface area contributed by atoms with E-state index >= 15 is 0 Å². The standard InChI is InChI=1S/C17H12N2O2/c1-21-17(20)12-8-10-6-7-18-9-13(10)15-11-4-2-3-5-14(11)19-16(12)15/h2-9,19H,1H3. The first-order valence-electron chi connectivity index (χ1n) is 6.65. The average Bonchev–Trinajstić information content (AvgIpc) is 2.93. The molecule has 0 aliphatic rings. The molecule has 0 amide bonds.